The number of carbonyl (C=O) groups excluding carboxylic acids is 2. The molecule has 0 N–H and O–H groups in total. The zero-order valence-corrected chi connectivity index (χ0v) is 16.2. The SMILES string of the molecule is CCOC(=O)C(=O)N(CCN1CCOCC1)Cc1cc(OC)ccc1OC. The molecule has 150 valence electrons. The van der Waals surface area contributed by atoms with Crippen molar-refractivity contribution in [3.05, 3.63) is 23.8 Å². The molecule has 1 aromatic rings. The molecule has 27 heavy (non-hydrogen) atoms. The highest BCUT2D eigenvalue weighted by atomic mass is 16.5. The topological polar surface area (TPSA) is 77.5 Å². The van der Waals surface area contributed by atoms with Crippen LogP contribution in [0.15, 0.2) is 18.2 Å². The molecule has 0 spiro atoms. The summed E-state index contributed by atoms with van der Waals surface area (Å²) in [4.78, 5) is 28.3. The molecule has 0 radical (unpaired) electrons. The van der Waals surface area contributed by atoms with Crippen LogP contribution in [0.1, 0.15) is 12.5 Å². The Hall–Kier alpha value is -2.32. The average Bonchev–Trinajstić information content (AvgIpc) is 2.71. The predicted octanol–water partition coefficient (Wildman–Crippen LogP) is 0.928. The second-order valence-electron chi connectivity index (χ2n) is 6.08. The van der Waals surface area contributed by atoms with Crippen molar-refractivity contribution in [1.82, 2.24) is 9.80 Å². The van der Waals surface area contributed by atoms with Crippen molar-refractivity contribution in [1.29, 1.82) is 0 Å². The first-order valence-electron chi connectivity index (χ1n) is 9.06. The zero-order valence-electron chi connectivity index (χ0n) is 16.2. The summed E-state index contributed by atoms with van der Waals surface area (Å²) in [5.74, 6) is -0.220. The van der Waals surface area contributed by atoms with Crippen LogP contribution in [-0.4, -0.2) is 81.9 Å². The van der Waals surface area contributed by atoms with Gasteiger partial charge in [-0.3, -0.25) is 9.69 Å². The summed E-state index contributed by atoms with van der Waals surface area (Å²) in [6.07, 6.45) is 0. The Labute approximate surface area is 159 Å². The summed E-state index contributed by atoms with van der Waals surface area (Å²) in [5, 5.41) is 0. The molecule has 1 aliphatic heterocycles. The van der Waals surface area contributed by atoms with E-state index in [1.165, 1.54) is 4.90 Å². The van der Waals surface area contributed by atoms with E-state index in [0.29, 0.717) is 37.8 Å². The summed E-state index contributed by atoms with van der Waals surface area (Å²) >= 11 is 0. The fourth-order valence-electron chi connectivity index (χ4n) is 2.87. The van der Waals surface area contributed by atoms with Crippen LogP contribution in [0.3, 0.4) is 0 Å². The first-order valence-corrected chi connectivity index (χ1v) is 9.06. The Morgan fingerprint density at radius 3 is 2.56 bits per heavy atom. The number of hydrogen-bond donors (Lipinski definition) is 0. The van der Waals surface area contributed by atoms with E-state index in [9.17, 15) is 9.59 Å². The Morgan fingerprint density at radius 1 is 1.19 bits per heavy atom. The average molecular weight is 380 g/mol. The van der Waals surface area contributed by atoms with Crippen molar-refractivity contribution in [3.8, 4) is 11.5 Å². The van der Waals surface area contributed by atoms with Gasteiger partial charge in [0.1, 0.15) is 11.5 Å². The van der Waals surface area contributed by atoms with E-state index in [4.69, 9.17) is 18.9 Å². The monoisotopic (exact) mass is 380 g/mol. The van der Waals surface area contributed by atoms with Crippen molar-refractivity contribution >= 4 is 11.9 Å². The molecule has 1 aliphatic rings. The van der Waals surface area contributed by atoms with E-state index in [1.54, 1.807) is 39.3 Å². The standard InChI is InChI=1S/C19H28N2O6/c1-4-27-19(23)18(22)21(8-7-20-9-11-26-12-10-20)14-15-13-16(24-2)5-6-17(15)25-3/h5-6,13H,4,7-12,14H2,1-3H3. The van der Waals surface area contributed by atoms with Gasteiger partial charge in [-0.25, -0.2) is 4.79 Å². The molecule has 8 heteroatoms. The molecule has 1 amide bonds. The van der Waals surface area contributed by atoms with Crippen molar-refractivity contribution in [3.63, 3.8) is 0 Å². The summed E-state index contributed by atoms with van der Waals surface area (Å²) in [7, 11) is 3.14. The molecular formula is C19H28N2O6. The van der Waals surface area contributed by atoms with E-state index < -0.39 is 11.9 Å². The number of ether oxygens (including phenoxy) is 4. The van der Waals surface area contributed by atoms with Crippen molar-refractivity contribution in [2.75, 3.05) is 60.2 Å². The number of amides is 1. The summed E-state index contributed by atoms with van der Waals surface area (Å²) < 4.78 is 20.9. The summed E-state index contributed by atoms with van der Waals surface area (Å²) in [6.45, 7) is 6.08. The van der Waals surface area contributed by atoms with Crippen LogP contribution >= 0.6 is 0 Å². The number of benzene rings is 1. The van der Waals surface area contributed by atoms with Gasteiger partial charge in [0.15, 0.2) is 0 Å². The van der Waals surface area contributed by atoms with Crippen LogP contribution in [0, 0.1) is 0 Å². The fourth-order valence-corrected chi connectivity index (χ4v) is 2.87. The second kappa shape index (κ2) is 10.7. The first kappa shape index (κ1) is 21.0. The minimum absolute atomic E-state index is 0.157. The van der Waals surface area contributed by atoms with E-state index in [2.05, 4.69) is 4.90 Å². The Balaban J connectivity index is 2.15. The molecule has 1 fully saturated rings. The maximum atomic E-state index is 12.6. The third-order valence-corrected chi connectivity index (χ3v) is 4.38. The number of esters is 1. The quantitative estimate of drug-likeness (QED) is 0.490. The minimum atomic E-state index is -0.846. The molecule has 0 aliphatic carbocycles. The van der Waals surface area contributed by atoms with Gasteiger partial charge in [-0.2, -0.15) is 0 Å². The van der Waals surface area contributed by atoms with E-state index in [0.717, 1.165) is 18.7 Å². The van der Waals surface area contributed by atoms with E-state index >= 15 is 0 Å². The van der Waals surface area contributed by atoms with Gasteiger partial charge in [0.2, 0.25) is 0 Å². The van der Waals surface area contributed by atoms with Gasteiger partial charge in [0.05, 0.1) is 40.6 Å². The Bertz CT molecular complexity index is 631. The number of hydrogen-bond acceptors (Lipinski definition) is 7. The van der Waals surface area contributed by atoms with Gasteiger partial charge in [0, 0.05) is 31.7 Å². The summed E-state index contributed by atoms with van der Waals surface area (Å²) in [6, 6.07) is 5.37. The van der Waals surface area contributed by atoms with Gasteiger partial charge in [0.25, 0.3) is 0 Å². The third-order valence-electron chi connectivity index (χ3n) is 4.38. The number of nitrogens with zero attached hydrogens (tertiary/aromatic N) is 2. The van der Waals surface area contributed by atoms with E-state index in [-0.39, 0.29) is 13.2 Å². The van der Waals surface area contributed by atoms with Gasteiger partial charge in [-0.1, -0.05) is 0 Å². The highest BCUT2D eigenvalue weighted by Crippen LogP contribution is 2.25. The molecule has 2 rings (SSSR count). The Kier molecular flexibility index (Phi) is 8.35. The van der Waals surface area contributed by atoms with Gasteiger partial charge < -0.3 is 23.8 Å². The van der Waals surface area contributed by atoms with Crippen LogP contribution in [0.5, 0.6) is 11.5 Å². The summed E-state index contributed by atoms with van der Waals surface area (Å²) in [5.41, 5.74) is 0.761. The predicted molar refractivity (Wildman–Crippen MR) is 98.9 cm³/mol. The molecule has 0 bridgehead atoms. The molecule has 1 saturated heterocycles. The lowest BCUT2D eigenvalue weighted by Gasteiger charge is -2.30. The van der Waals surface area contributed by atoms with Crippen LogP contribution in [0.4, 0.5) is 0 Å². The van der Waals surface area contributed by atoms with Crippen molar-refractivity contribution < 1.29 is 28.5 Å². The largest absolute Gasteiger partial charge is 0.497 e. The minimum Gasteiger partial charge on any atom is -0.497 e. The highest BCUT2D eigenvalue weighted by molar-refractivity contribution is 6.32. The highest BCUT2D eigenvalue weighted by Gasteiger charge is 2.25. The number of carbonyl (C=O) groups is 2. The molecular weight excluding hydrogens is 352 g/mol. The fraction of sp³-hybridized carbons (Fsp3) is 0.579. The second-order valence-corrected chi connectivity index (χ2v) is 6.08. The van der Waals surface area contributed by atoms with Crippen LogP contribution in [-0.2, 0) is 25.6 Å². The number of rotatable bonds is 8. The van der Waals surface area contributed by atoms with Crippen molar-refractivity contribution in [2.24, 2.45) is 0 Å². The lowest BCUT2D eigenvalue weighted by Crippen LogP contribution is -2.45. The lowest BCUT2D eigenvalue weighted by molar-refractivity contribution is -0.160. The third kappa shape index (κ3) is 6.11. The number of morpholine rings is 1. The maximum Gasteiger partial charge on any atom is 0.397 e. The number of methoxy groups -OCH3 is 2. The first-order chi connectivity index (χ1) is 13.1. The van der Waals surface area contributed by atoms with Crippen LogP contribution < -0.4 is 9.47 Å². The smallest absolute Gasteiger partial charge is 0.397 e. The molecule has 1 aromatic carbocycles. The van der Waals surface area contributed by atoms with E-state index in [1.807, 2.05) is 0 Å². The van der Waals surface area contributed by atoms with Gasteiger partial charge in [-0.15, -0.1) is 0 Å². The molecule has 0 atom stereocenters. The maximum absolute atomic E-state index is 12.6. The van der Waals surface area contributed by atoms with Gasteiger partial charge >= 0.3 is 11.9 Å². The van der Waals surface area contributed by atoms with Crippen LogP contribution in [0.25, 0.3) is 0 Å². The Morgan fingerprint density at radius 2 is 1.93 bits per heavy atom. The lowest BCUT2D eigenvalue weighted by atomic mass is 10.1. The van der Waals surface area contributed by atoms with Crippen LogP contribution in [0.2, 0.25) is 0 Å². The normalized spacial score (nSPS) is 14.5. The molecule has 8 nitrogen and oxygen atoms in total. The van der Waals surface area contributed by atoms with Gasteiger partial charge in [-0.05, 0) is 25.1 Å². The molecule has 0 saturated carbocycles. The molecule has 0 unspecified atom stereocenters. The van der Waals surface area contributed by atoms with Crippen molar-refractivity contribution in [2.45, 2.75) is 13.5 Å². The molecule has 1 heterocycles. The molecule has 0 aromatic heterocycles. The zero-order chi connectivity index (χ0) is 19.6.